The van der Waals surface area contributed by atoms with Crippen LogP contribution < -0.4 is 4.65 Å². The van der Waals surface area contributed by atoms with Crippen LogP contribution in [-0.4, -0.2) is 17.4 Å². The molecule has 5 heteroatoms. The number of benzene rings is 1. The van der Waals surface area contributed by atoms with Gasteiger partial charge in [-0.1, -0.05) is 18.2 Å². The molecule has 13 heavy (non-hydrogen) atoms. The lowest BCUT2D eigenvalue weighted by molar-refractivity contribution is 0.292. The van der Waals surface area contributed by atoms with Crippen molar-refractivity contribution in [3.05, 3.63) is 30.3 Å². The fraction of sp³-hybridized carbons (Fsp3) is 0. The molecule has 0 spiro atoms. The Labute approximate surface area is 79.4 Å². The molecule has 66 valence electrons. The SMILES string of the molecule is OB(O)Oc1cc2ccccc2s1. The lowest BCUT2D eigenvalue weighted by Crippen LogP contribution is -2.19. The fourth-order valence-electron chi connectivity index (χ4n) is 1.12. The predicted molar refractivity (Wildman–Crippen MR) is 52.6 cm³/mol. The van der Waals surface area contributed by atoms with Crippen LogP contribution in [0.1, 0.15) is 0 Å². The lowest BCUT2D eigenvalue weighted by Gasteiger charge is -1.97. The number of fused-ring (bicyclic) bond motifs is 1. The summed E-state index contributed by atoms with van der Waals surface area (Å²) in [6.45, 7) is 0. The van der Waals surface area contributed by atoms with E-state index in [0.717, 1.165) is 10.1 Å². The van der Waals surface area contributed by atoms with Gasteiger partial charge >= 0.3 is 7.32 Å². The molecule has 0 saturated heterocycles. The molecule has 1 heterocycles. The van der Waals surface area contributed by atoms with Crippen molar-refractivity contribution in [2.75, 3.05) is 0 Å². The van der Waals surface area contributed by atoms with E-state index < -0.39 is 7.32 Å². The Morgan fingerprint density at radius 1 is 1.23 bits per heavy atom. The normalized spacial score (nSPS) is 10.3. The molecule has 0 atom stereocenters. The van der Waals surface area contributed by atoms with Crippen LogP contribution in [0.25, 0.3) is 10.1 Å². The van der Waals surface area contributed by atoms with Gasteiger partial charge < -0.3 is 14.7 Å². The van der Waals surface area contributed by atoms with Crippen molar-refractivity contribution in [2.45, 2.75) is 0 Å². The Hall–Kier alpha value is -1.04. The largest absolute Gasteiger partial charge is 0.708 e. The van der Waals surface area contributed by atoms with Gasteiger partial charge in [0.15, 0.2) is 5.06 Å². The van der Waals surface area contributed by atoms with Gasteiger partial charge in [-0.15, -0.1) is 11.3 Å². The van der Waals surface area contributed by atoms with Crippen LogP contribution in [0, 0.1) is 0 Å². The topological polar surface area (TPSA) is 49.7 Å². The van der Waals surface area contributed by atoms with Crippen molar-refractivity contribution < 1.29 is 14.7 Å². The van der Waals surface area contributed by atoms with Crippen molar-refractivity contribution in [1.82, 2.24) is 0 Å². The predicted octanol–water partition coefficient (Wildman–Crippen LogP) is 1.25. The molecule has 0 bridgehead atoms. The van der Waals surface area contributed by atoms with E-state index in [1.165, 1.54) is 11.3 Å². The van der Waals surface area contributed by atoms with E-state index >= 15 is 0 Å². The molecule has 0 unspecified atom stereocenters. The van der Waals surface area contributed by atoms with Gasteiger partial charge in [-0.3, -0.25) is 0 Å². The quantitative estimate of drug-likeness (QED) is 0.707. The zero-order valence-corrected chi connectivity index (χ0v) is 7.49. The molecule has 3 nitrogen and oxygen atoms in total. The molecule has 1 aromatic carbocycles. The van der Waals surface area contributed by atoms with Crippen molar-refractivity contribution in [2.24, 2.45) is 0 Å². The second-order valence-corrected chi connectivity index (χ2v) is 3.59. The Kier molecular flexibility index (Phi) is 2.22. The Bertz CT molecular complexity index is 379. The zero-order chi connectivity index (χ0) is 9.26. The van der Waals surface area contributed by atoms with E-state index in [4.69, 9.17) is 14.7 Å². The third-order valence-electron chi connectivity index (χ3n) is 1.62. The molecule has 2 N–H and O–H groups in total. The Morgan fingerprint density at radius 3 is 2.69 bits per heavy atom. The number of hydrogen-bond acceptors (Lipinski definition) is 4. The number of hydrogen-bond donors (Lipinski definition) is 2. The summed E-state index contributed by atoms with van der Waals surface area (Å²) in [5.74, 6) is 0. The van der Waals surface area contributed by atoms with Gasteiger partial charge in [-0.2, -0.15) is 0 Å². The minimum atomic E-state index is -1.74. The maximum atomic E-state index is 8.57. The average Bonchev–Trinajstić information content (AvgIpc) is 2.44. The first kappa shape index (κ1) is 8.56. The van der Waals surface area contributed by atoms with E-state index in [1.807, 2.05) is 24.3 Å². The summed E-state index contributed by atoms with van der Waals surface area (Å²) in [5.41, 5.74) is 0. The van der Waals surface area contributed by atoms with Crippen LogP contribution in [0.4, 0.5) is 0 Å². The summed E-state index contributed by atoms with van der Waals surface area (Å²) in [6, 6.07) is 9.53. The van der Waals surface area contributed by atoms with Gasteiger partial charge in [0, 0.05) is 4.70 Å². The monoisotopic (exact) mass is 194 g/mol. The van der Waals surface area contributed by atoms with E-state index in [-0.39, 0.29) is 0 Å². The summed E-state index contributed by atoms with van der Waals surface area (Å²) in [7, 11) is -1.74. The fourth-order valence-corrected chi connectivity index (χ4v) is 2.05. The van der Waals surface area contributed by atoms with Crippen LogP contribution in [0.2, 0.25) is 0 Å². The first-order chi connectivity index (χ1) is 6.25. The molecule has 2 aromatic rings. The lowest BCUT2D eigenvalue weighted by atomic mass is 10.2. The summed E-state index contributed by atoms with van der Waals surface area (Å²) < 4.78 is 5.80. The van der Waals surface area contributed by atoms with Crippen LogP contribution in [-0.2, 0) is 0 Å². The summed E-state index contributed by atoms with van der Waals surface area (Å²) in [4.78, 5) is 0. The van der Waals surface area contributed by atoms with Crippen molar-refractivity contribution in [3.8, 4) is 5.06 Å². The maximum absolute atomic E-state index is 8.57. The van der Waals surface area contributed by atoms with Gasteiger partial charge in [-0.25, -0.2) is 0 Å². The minimum Gasteiger partial charge on any atom is -0.504 e. The Morgan fingerprint density at radius 2 is 2.00 bits per heavy atom. The molecular weight excluding hydrogens is 187 g/mol. The van der Waals surface area contributed by atoms with Gasteiger partial charge in [-0.05, 0) is 17.5 Å². The van der Waals surface area contributed by atoms with Gasteiger partial charge in [0.2, 0.25) is 0 Å². The first-order valence-corrected chi connectivity index (χ1v) is 4.59. The molecular formula is C8H7BO3S. The Balaban J connectivity index is 2.38. The highest BCUT2D eigenvalue weighted by Crippen LogP contribution is 2.31. The third kappa shape index (κ3) is 1.83. The molecule has 0 fully saturated rings. The first-order valence-electron chi connectivity index (χ1n) is 3.77. The standard InChI is InChI=1S/C8H7BO3S/c10-9(11)12-8-5-6-3-1-2-4-7(6)13-8/h1-5,10-11H. The summed E-state index contributed by atoms with van der Waals surface area (Å²) in [5, 5.41) is 18.7. The zero-order valence-electron chi connectivity index (χ0n) is 6.68. The molecule has 2 rings (SSSR count). The van der Waals surface area contributed by atoms with Gasteiger partial charge in [0.1, 0.15) is 0 Å². The van der Waals surface area contributed by atoms with Crippen molar-refractivity contribution >= 4 is 28.7 Å². The van der Waals surface area contributed by atoms with E-state index in [9.17, 15) is 0 Å². The van der Waals surface area contributed by atoms with Crippen LogP contribution in [0.15, 0.2) is 30.3 Å². The van der Waals surface area contributed by atoms with E-state index in [0.29, 0.717) is 5.06 Å². The molecule has 0 radical (unpaired) electrons. The molecule has 0 aliphatic carbocycles. The highest BCUT2D eigenvalue weighted by Gasteiger charge is 2.12. The van der Waals surface area contributed by atoms with E-state index in [2.05, 4.69) is 0 Å². The summed E-state index contributed by atoms with van der Waals surface area (Å²) in [6.07, 6.45) is 0. The average molecular weight is 194 g/mol. The molecule has 0 aliphatic rings. The second kappa shape index (κ2) is 3.37. The third-order valence-corrected chi connectivity index (χ3v) is 2.63. The molecule has 0 aliphatic heterocycles. The number of rotatable bonds is 2. The smallest absolute Gasteiger partial charge is 0.504 e. The maximum Gasteiger partial charge on any atom is 0.708 e. The van der Waals surface area contributed by atoms with Crippen molar-refractivity contribution in [3.63, 3.8) is 0 Å². The highest BCUT2D eigenvalue weighted by molar-refractivity contribution is 7.20. The van der Waals surface area contributed by atoms with E-state index in [1.54, 1.807) is 6.07 Å². The molecule has 0 saturated carbocycles. The molecule has 0 amide bonds. The van der Waals surface area contributed by atoms with Crippen LogP contribution in [0.3, 0.4) is 0 Å². The van der Waals surface area contributed by atoms with Gasteiger partial charge in [0.05, 0.1) is 0 Å². The van der Waals surface area contributed by atoms with Crippen LogP contribution >= 0.6 is 11.3 Å². The summed E-state index contributed by atoms with van der Waals surface area (Å²) >= 11 is 1.38. The van der Waals surface area contributed by atoms with Crippen molar-refractivity contribution in [1.29, 1.82) is 0 Å². The molecule has 1 aromatic heterocycles. The second-order valence-electron chi connectivity index (χ2n) is 2.55. The minimum absolute atomic E-state index is 0.510. The van der Waals surface area contributed by atoms with Crippen LogP contribution in [0.5, 0.6) is 5.06 Å². The van der Waals surface area contributed by atoms with Gasteiger partial charge in [0.25, 0.3) is 0 Å². The number of thiophene rings is 1. The highest BCUT2D eigenvalue weighted by atomic mass is 32.1.